The highest BCUT2D eigenvalue weighted by Crippen LogP contribution is 2.20. The lowest BCUT2D eigenvalue weighted by atomic mass is 10.5. The minimum absolute atomic E-state index is 0.0269. The maximum atomic E-state index is 12.2. The number of nitrogens with zero attached hydrogens (tertiary/aromatic N) is 2. The fourth-order valence-corrected chi connectivity index (χ4v) is 3.36. The summed E-state index contributed by atoms with van der Waals surface area (Å²) in [6, 6.07) is 1.83. The average Bonchev–Trinajstić information content (AvgIpc) is 2.85. The smallest absolute Gasteiger partial charge is 0.272 e. The van der Waals surface area contributed by atoms with Crippen LogP contribution in [0.25, 0.3) is 10.2 Å². The van der Waals surface area contributed by atoms with Crippen LogP contribution in [0.5, 0.6) is 0 Å². The first-order valence-electron chi connectivity index (χ1n) is 6.04. The lowest BCUT2D eigenvalue weighted by Gasteiger charge is -2.09. The quantitative estimate of drug-likeness (QED) is 0.674. The molecule has 1 N–H and O–H groups in total. The Morgan fingerprint density at radius 2 is 2.32 bits per heavy atom. The van der Waals surface area contributed by atoms with Gasteiger partial charge in [0.25, 0.3) is 5.56 Å². The first-order valence-corrected chi connectivity index (χ1v) is 7.91. The Hall–Kier alpha value is -1.34. The number of carbonyl (C=O) groups excluding carboxylic acids is 1. The second kappa shape index (κ2) is 6.21. The molecule has 0 spiro atoms. The fourth-order valence-electron chi connectivity index (χ4n) is 1.69. The molecule has 0 unspecified atom stereocenters. The summed E-state index contributed by atoms with van der Waals surface area (Å²) in [7, 11) is 0. The summed E-state index contributed by atoms with van der Waals surface area (Å²) >= 11 is 2.70. The molecule has 1 amide bonds. The van der Waals surface area contributed by atoms with Crippen LogP contribution in [0.2, 0.25) is 0 Å². The zero-order valence-corrected chi connectivity index (χ0v) is 12.4. The average molecular weight is 297 g/mol. The predicted molar refractivity (Wildman–Crippen MR) is 79.0 cm³/mol. The van der Waals surface area contributed by atoms with Crippen molar-refractivity contribution >= 4 is 39.2 Å². The van der Waals surface area contributed by atoms with Crippen molar-refractivity contribution in [3.05, 3.63) is 21.8 Å². The summed E-state index contributed by atoms with van der Waals surface area (Å²) in [5.74, 6) is 0.227. The number of nitrogens with one attached hydrogen (secondary N) is 1. The van der Waals surface area contributed by atoms with Gasteiger partial charge in [0.05, 0.1) is 11.3 Å². The number of aromatic nitrogens is 2. The first kappa shape index (κ1) is 14.1. The summed E-state index contributed by atoms with van der Waals surface area (Å²) in [5.41, 5.74) is 0.680. The Kier molecular flexibility index (Phi) is 4.60. The summed E-state index contributed by atoms with van der Waals surface area (Å²) in [6.07, 6.45) is 0. The number of carbonyl (C=O) groups is 1. The number of hydrogen-bond donors (Lipinski definition) is 1. The van der Waals surface area contributed by atoms with Crippen LogP contribution in [0, 0.1) is 0 Å². The normalized spacial score (nSPS) is 10.8. The van der Waals surface area contributed by atoms with Gasteiger partial charge in [0.15, 0.2) is 5.16 Å². The number of rotatable bonds is 5. The van der Waals surface area contributed by atoms with Crippen LogP contribution in [0.4, 0.5) is 0 Å². The van der Waals surface area contributed by atoms with E-state index < -0.39 is 0 Å². The van der Waals surface area contributed by atoms with Crippen molar-refractivity contribution in [2.24, 2.45) is 0 Å². The van der Waals surface area contributed by atoms with Crippen molar-refractivity contribution in [3.63, 3.8) is 0 Å². The van der Waals surface area contributed by atoms with Gasteiger partial charge in [-0.2, -0.15) is 0 Å². The van der Waals surface area contributed by atoms with Crippen molar-refractivity contribution in [1.82, 2.24) is 14.9 Å². The monoisotopic (exact) mass is 297 g/mol. The minimum atomic E-state index is -0.0465. The summed E-state index contributed by atoms with van der Waals surface area (Å²) < 4.78 is 2.28. The van der Waals surface area contributed by atoms with E-state index in [1.807, 2.05) is 25.3 Å². The molecular weight excluding hydrogens is 282 g/mol. The van der Waals surface area contributed by atoms with Gasteiger partial charge in [0.1, 0.15) is 4.70 Å². The van der Waals surface area contributed by atoms with Crippen LogP contribution in [0.1, 0.15) is 13.8 Å². The molecule has 2 aromatic rings. The van der Waals surface area contributed by atoms with Crippen LogP contribution in [0.15, 0.2) is 21.4 Å². The molecule has 0 aromatic carbocycles. The third-order valence-corrected chi connectivity index (χ3v) is 4.42. The van der Waals surface area contributed by atoms with Gasteiger partial charge in [0, 0.05) is 13.1 Å². The van der Waals surface area contributed by atoms with E-state index in [4.69, 9.17) is 0 Å². The molecule has 2 rings (SSSR count). The van der Waals surface area contributed by atoms with E-state index >= 15 is 0 Å². The Morgan fingerprint density at radius 3 is 3.00 bits per heavy atom. The van der Waals surface area contributed by atoms with Crippen molar-refractivity contribution in [2.45, 2.75) is 25.5 Å². The second-order valence-electron chi connectivity index (χ2n) is 3.82. The Morgan fingerprint density at radius 1 is 1.53 bits per heavy atom. The topological polar surface area (TPSA) is 64.0 Å². The lowest BCUT2D eigenvalue weighted by Crippen LogP contribution is -2.26. The standard InChI is InChI=1S/C12H15N3O2S2/c1-3-13-9(16)7-19-12-14-8-5-6-18-10(8)11(17)15(12)4-2/h5-6H,3-4,7H2,1-2H3,(H,13,16). The van der Waals surface area contributed by atoms with Crippen molar-refractivity contribution in [3.8, 4) is 0 Å². The Labute approximate surface area is 119 Å². The molecule has 102 valence electrons. The molecule has 2 aromatic heterocycles. The first-order chi connectivity index (χ1) is 9.17. The molecule has 2 heterocycles. The van der Waals surface area contributed by atoms with Crippen molar-refractivity contribution in [2.75, 3.05) is 12.3 Å². The maximum Gasteiger partial charge on any atom is 0.272 e. The third-order valence-electron chi connectivity index (χ3n) is 2.55. The van der Waals surface area contributed by atoms with Crippen LogP contribution in [-0.2, 0) is 11.3 Å². The number of hydrogen-bond acceptors (Lipinski definition) is 5. The Balaban J connectivity index is 2.31. The molecule has 0 fully saturated rings. The van der Waals surface area contributed by atoms with Gasteiger partial charge in [-0.3, -0.25) is 14.2 Å². The van der Waals surface area contributed by atoms with E-state index in [0.29, 0.717) is 28.5 Å². The molecule has 7 heteroatoms. The van der Waals surface area contributed by atoms with Gasteiger partial charge in [-0.15, -0.1) is 11.3 Å². The van der Waals surface area contributed by atoms with Gasteiger partial charge in [-0.1, -0.05) is 11.8 Å². The molecule has 0 saturated heterocycles. The van der Waals surface area contributed by atoms with E-state index in [2.05, 4.69) is 10.3 Å². The van der Waals surface area contributed by atoms with E-state index in [-0.39, 0.29) is 17.2 Å². The van der Waals surface area contributed by atoms with E-state index in [1.54, 1.807) is 4.57 Å². The van der Waals surface area contributed by atoms with Gasteiger partial charge >= 0.3 is 0 Å². The molecule has 0 saturated carbocycles. The van der Waals surface area contributed by atoms with E-state index in [1.165, 1.54) is 23.1 Å². The number of thioether (sulfide) groups is 1. The summed E-state index contributed by atoms with van der Waals surface area (Å²) in [5, 5.41) is 5.19. The maximum absolute atomic E-state index is 12.2. The summed E-state index contributed by atoms with van der Waals surface area (Å²) in [4.78, 5) is 28.2. The summed E-state index contributed by atoms with van der Waals surface area (Å²) in [6.45, 7) is 4.94. The van der Waals surface area contributed by atoms with Crippen LogP contribution in [-0.4, -0.2) is 27.8 Å². The highest BCUT2D eigenvalue weighted by molar-refractivity contribution is 7.99. The van der Waals surface area contributed by atoms with Crippen molar-refractivity contribution < 1.29 is 4.79 Å². The SMILES string of the molecule is CCNC(=O)CSc1nc2ccsc2c(=O)n1CC. The molecule has 5 nitrogen and oxygen atoms in total. The molecule has 0 aliphatic carbocycles. The largest absolute Gasteiger partial charge is 0.356 e. The van der Waals surface area contributed by atoms with E-state index in [0.717, 1.165) is 0 Å². The van der Waals surface area contributed by atoms with Gasteiger partial charge in [-0.25, -0.2) is 4.98 Å². The van der Waals surface area contributed by atoms with E-state index in [9.17, 15) is 9.59 Å². The number of thiophene rings is 1. The highest BCUT2D eigenvalue weighted by atomic mass is 32.2. The fraction of sp³-hybridized carbons (Fsp3) is 0.417. The molecule has 0 atom stereocenters. The van der Waals surface area contributed by atoms with Crippen LogP contribution >= 0.6 is 23.1 Å². The second-order valence-corrected chi connectivity index (χ2v) is 5.68. The third kappa shape index (κ3) is 2.98. The highest BCUT2D eigenvalue weighted by Gasteiger charge is 2.12. The molecule has 0 aliphatic heterocycles. The van der Waals surface area contributed by atoms with Crippen LogP contribution in [0.3, 0.4) is 0 Å². The molecule has 0 aliphatic rings. The molecule has 0 bridgehead atoms. The number of fused-ring (bicyclic) bond motifs is 1. The van der Waals surface area contributed by atoms with Gasteiger partial charge in [0.2, 0.25) is 5.91 Å². The lowest BCUT2D eigenvalue weighted by molar-refractivity contribution is -0.118. The molecule has 0 radical (unpaired) electrons. The number of amides is 1. The van der Waals surface area contributed by atoms with Gasteiger partial charge in [-0.05, 0) is 25.3 Å². The van der Waals surface area contributed by atoms with Crippen LogP contribution < -0.4 is 10.9 Å². The zero-order chi connectivity index (χ0) is 13.8. The molecule has 19 heavy (non-hydrogen) atoms. The predicted octanol–water partition coefficient (Wildman–Crippen LogP) is 1.71. The zero-order valence-electron chi connectivity index (χ0n) is 10.8. The Bertz CT molecular complexity index is 648. The van der Waals surface area contributed by atoms with Gasteiger partial charge < -0.3 is 5.32 Å². The minimum Gasteiger partial charge on any atom is -0.356 e. The van der Waals surface area contributed by atoms with Crippen molar-refractivity contribution in [1.29, 1.82) is 0 Å². The molecular formula is C12H15N3O2S2.